The molecule has 0 bridgehead atoms. The summed E-state index contributed by atoms with van der Waals surface area (Å²) < 4.78 is 4.94. The highest BCUT2D eigenvalue weighted by Gasteiger charge is 2.22. The third-order valence-electron chi connectivity index (χ3n) is 2.68. The van der Waals surface area contributed by atoms with Crippen LogP contribution in [0, 0.1) is 0 Å². The van der Waals surface area contributed by atoms with Crippen molar-refractivity contribution in [3.8, 4) is 0 Å². The Balaban J connectivity index is 2.77. The first-order chi connectivity index (χ1) is 9.99. The summed E-state index contributed by atoms with van der Waals surface area (Å²) in [6, 6.07) is 0.241. The molecule has 0 radical (unpaired) electrons. The highest BCUT2D eigenvalue weighted by Crippen LogP contribution is 2.25. The molecule has 5 nitrogen and oxygen atoms in total. The molecule has 118 valence electrons. The first kappa shape index (κ1) is 18.0. The van der Waals surface area contributed by atoms with Crippen LogP contribution in [-0.2, 0) is 4.74 Å². The van der Waals surface area contributed by atoms with E-state index in [1.807, 2.05) is 11.8 Å². The summed E-state index contributed by atoms with van der Waals surface area (Å²) in [6.07, 6.45) is 1.00. The molecule has 1 rings (SSSR count). The summed E-state index contributed by atoms with van der Waals surface area (Å²) in [5.41, 5.74) is 0.118. The summed E-state index contributed by atoms with van der Waals surface area (Å²) in [4.78, 5) is 28.0. The van der Waals surface area contributed by atoms with Crippen LogP contribution in [0.1, 0.15) is 54.3 Å². The molecule has 0 spiro atoms. The minimum atomic E-state index is -0.541. The normalized spacial score (nSPS) is 12.0. The van der Waals surface area contributed by atoms with Gasteiger partial charge in [0, 0.05) is 13.0 Å². The van der Waals surface area contributed by atoms with Crippen LogP contribution in [0.5, 0.6) is 0 Å². The van der Waals surface area contributed by atoms with E-state index >= 15 is 0 Å². The van der Waals surface area contributed by atoms with E-state index in [0.29, 0.717) is 10.0 Å². The number of thiazole rings is 1. The van der Waals surface area contributed by atoms with Crippen LogP contribution in [0.4, 0.5) is 5.13 Å². The molecule has 0 aromatic carbocycles. The molecule has 1 unspecified atom stereocenters. The molecule has 21 heavy (non-hydrogen) atoms. The molecule has 0 aliphatic heterocycles. The molecule has 1 N–H and O–H groups in total. The van der Waals surface area contributed by atoms with E-state index in [9.17, 15) is 9.59 Å². The van der Waals surface area contributed by atoms with Crippen molar-refractivity contribution in [3.63, 3.8) is 0 Å². The largest absolute Gasteiger partial charge is 0.461 e. The number of thioether (sulfide) groups is 1. The molecule has 0 saturated carbocycles. The van der Waals surface area contributed by atoms with Gasteiger partial charge >= 0.3 is 5.97 Å². The van der Waals surface area contributed by atoms with Gasteiger partial charge < -0.3 is 10.1 Å². The summed E-state index contributed by atoms with van der Waals surface area (Å²) in [5, 5.41) is 3.84. The van der Waals surface area contributed by atoms with Gasteiger partial charge in [0.15, 0.2) is 16.6 Å². The van der Waals surface area contributed by atoms with Crippen molar-refractivity contribution < 1.29 is 14.3 Å². The molecule has 1 heterocycles. The second-order valence-electron chi connectivity index (χ2n) is 4.50. The fourth-order valence-electron chi connectivity index (χ4n) is 1.65. The van der Waals surface area contributed by atoms with Gasteiger partial charge in [-0.1, -0.05) is 18.3 Å². The van der Waals surface area contributed by atoms with Gasteiger partial charge in [-0.2, -0.15) is 11.8 Å². The van der Waals surface area contributed by atoms with Gasteiger partial charge in [-0.3, -0.25) is 4.79 Å². The SMILES string of the molecule is CCOC(=O)c1nc(NC(C)CCSCC)sc1C(C)=O. The number of ketones is 1. The van der Waals surface area contributed by atoms with Crippen molar-refractivity contribution in [2.24, 2.45) is 0 Å². The third kappa shape index (κ3) is 5.67. The summed E-state index contributed by atoms with van der Waals surface area (Å²) in [7, 11) is 0. The number of nitrogens with one attached hydrogen (secondary N) is 1. The van der Waals surface area contributed by atoms with Crippen molar-refractivity contribution >= 4 is 40.0 Å². The van der Waals surface area contributed by atoms with E-state index in [0.717, 1.165) is 17.9 Å². The van der Waals surface area contributed by atoms with E-state index in [1.165, 1.54) is 18.3 Å². The van der Waals surface area contributed by atoms with E-state index in [4.69, 9.17) is 4.74 Å². The fourth-order valence-corrected chi connectivity index (χ4v) is 3.41. The molecule has 1 aromatic rings. The average molecular weight is 330 g/mol. The maximum Gasteiger partial charge on any atom is 0.358 e. The van der Waals surface area contributed by atoms with E-state index in [1.54, 1.807) is 6.92 Å². The number of hydrogen-bond donors (Lipinski definition) is 1. The van der Waals surface area contributed by atoms with Crippen LogP contribution >= 0.6 is 23.1 Å². The Labute approximate surface area is 133 Å². The molecule has 0 aliphatic carbocycles. The number of carbonyl (C=O) groups excluding carboxylic acids is 2. The lowest BCUT2D eigenvalue weighted by Crippen LogP contribution is -2.16. The molecule has 0 fully saturated rings. The molecule has 7 heteroatoms. The Kier molecular flexibility index (Phi) is 7.74. The van der Waals surface area contributed by atoms with Crippen molar-refractivity contribution in [1.82, 2.24) is 4.98 Å². The summed E-state index contributed by atoms with van der Waals surface area (Å²) >= 11 is 3.10. The minimum Gasteiger partial charge on any atom is -0.461 e. The van der Waals surface area contributed by atoms with E-state index < -0.39 is 5.97 Å². The fraction of sp³-hybridized carbons (Fsp3) is 0.643. The maximum absolute atomic E-state index is 11.8. The lowest BCUT2D eigenvalue weighted by atomic mass is 10.3. The number of esters is 1. The third-order valence-corrected chi connectivity index (χ3v) is 4.70. The topological polar surface area (TPSA) is 68.3 Å². The average Bonchev–Trinajstić information content (AvgIpc) is 2.83. The highest BCUT2D eigenvalue weighted by molar-refractivity contribution is 7.99. The molecular formula is C14H22N2O3S2. The zero-order chi connectivity index (χ0) is 15.8. The quantitative estimate of drug-likeness (QED) is 0.425. The second kappa shape index (κ2) is 9.04. The lowest BCUT2D eigenvalue weighted by Gasteiger charge is -2.11. The Morgan fingerprint density at radius 2 is 2.14 bits per heavy atom. The van der Waals surface area contributed by atoms with Crippen LogP contribution in [0.15, 0.2) is 0 Å². The van der Waals surface area contributed by atoms with Gasteiger partial charge in [-0.25, -0.2) is 9.78 Å². The van der Waals surface area contributed by atoms with Crippen molar-refractivity contribution in [2.75, 3.05) is 23.4 Å². The number of Topliss-reactive ketones (excluding diaryl/α,β-unsaturated/α-hetero) is 1. The summed E-state index contributed by atoms with van der Waals surface area (Å²) in [5.74, 6) is 1.46. The smallest absolute Gasteiger partial charge is 0.358 e. The predicted octanol–water partition coefficient (Wildman–Crippen LogP) is 3.47. The Bertz CT molecular complexity index is 489. The number of nitrogens with zero attached hydrogens (tertiary/aromatic N) is 1. The van der Waals surface area contributed by atoms with Crippen molar-refractivity contribution in [2.45, 2.75) is 40.2 Å². The van der Waals surface area contributed by atoms with E-state index in [-0.39, 0.29) is 24.1 Å². The highest BCUT2D eigenvalue weighted by atomic mass is 32.2. The van der Waals surface area contributed by atoms with Gasteiger partial charge in [0.2, 0.25) is 0 Å². The predicted molar refractivity (Wildman–Crippen MR) is 88.8 cm³/mol. The monoisotopic (exact) mass is 330 g/mol. The van der Waals surface area contributed by atoms with Crippen LogP contribution in [-0.4, -0.2) is 40.9 Å². The molecule has 0 aliphatic rings. The van der Waals surface area contributed by atoms with Crippen LogP contribution < -0.4 is 5.32 Å². The van der Waals surface area contributed by atoms with Gasteiger partial charge in [-0.05, 0) is 31.8 Å². The first-order valence-electron chi connectivity index (χ1n) is 7.02. The summed E-state index contributed by atoms with van der Waals surface area (Å²) in [6.45, 7) is 7.62. The Morgan fingerprint density at radius 3 is 2.71 bits per heavy atom. The molecular weight excluding hydrogens is 308 g/mol. The zero-order valence-corrected chi connectivity index (χ0v) is 14.5. The van der Waals surface area contributed by atoms with Gasteiger partial charge in [0.25, 0.3) is 0 Å². The number of aromatic nitrogens is 1. The van der Waals surface area contributed by atoms with E-state index in [2.05, 4.69) is 24.1 Å². The van der Waals surface area contributed by atoms with Gasteiger partial charge in [0.1, 0.15) is 4.88 Å². The standard InChI is InChI=1S/C14H22N2O3S2/c1-5-19-13(18)11-12(10(4)17)21-14(16-11)15-9(3)7-8-20-6-2/h9H,5-8H2,1-4H3,(H,15,16). The first-order valence-corrected chi connectivity index (χ1v) is 8.99. The van der Waals surface area contributed by atoms with Crippen molar-refractivity contribution in [3.05, 3.63) is 10.6 Å². The number of anilines is 1. The maximum atomic E-state index is 11.8. The van der Waals surface area contributed by atoms with Crippen LogP contribution in [0.2, 0.25) is 0 Å². The lowest BCUT2D eigenvalue weighted by molar-refractivity contribution is 0.0517. The minimum absolute atomic E-state index is 0.118. The van der Waals surface area contributed by atoms with Crippen molar-refractivity contribution in [1.29, 1.82) is 0 Å². The molecule has 1 atom stereocenters. The molecule has 1 aromatic heterocycles. The van der Waals surface area contributed by atoms with Gasteiger partial charge in [-0.15, -0.1) is 0 Å². The Hall–Kier alpha value is -1.08. The van der Waals surface area contributed by atoms with Crippen LogP contribution in [0.25, 0.3) is 0 Å². The number of carbonyl (C=O) groups is 2. The van der Waals surface area contributed by atoms with Crippen LogP contribution in [0.3, 0.4) is 0 Å². The zero-order valence-electron chi connectivity index (χ0n) is 12.9. The second-order valence-corrected chi connectivity index (χ2v) is 6.90. The number of ether oxygens (including phenoxy) is 1. The molecule has 0 saturated heterocycles. The van der Waals surface area contributed by atoms with Gasteiger partial charge in [0.05, 0.1) is 6.61 Å². The number of hydrogen-bond acceptors (Lipinski definition) is 7. The number of rotatable bonds is 9. The Morgan fingerprint density at radius 1 is 1.43 bits per heavy atom. The molecule has 0 amide bonds.